The standard InChI is InChI=1S/C50H34N2/c1-3-13-35(14-4-1)37-27-29-38(30-28-37)50-51-48-26-8-7-25-47(48)49(52-50)46-24-12-23-45(34-46)44-22-11-21-43(33-44)42-20-10-19-41(32-42)40-18-9-17-39(31-40)36-15-5-2-6-16-36/h1-34H. The molecular weight excluding hydrogens is 629 g/mol. The fraction of sp³-hybridized carbons (Fsp3) is 0. The predicted octanol–water partition coefficient (Wildman–Crippen LogP) is 13.3. The lowest BCUT2D eigenvalue weighted by molar-refractivity contribution is 1.23. The first-order valence-electron chi connectivity index (χ1n) is 17.6. The van der Waals surface area contributed by atoms with Crippen LogP contribution in [0, 0.1) is 0 Å². The van der Waals surface area contributed by atoms with Crippen LogP contribution in [0.3, 0.4) is 0 Å². The lowest BCUT2D eigenvalue weighted by atomic mass is 9.94. The van der Waals surface area contributed by atoms with Gasteiger partial charge in [0.2, 0.25) is 0 Å². The summed E-state index contributed by atoms with van der Waals surface area (Å²) in [5, 5.41) is 1.03. The Labute approximate surface area is 304 Å². The Bertz CT molecular complexity index is 2660. The zero-order valence-electron chi connectivity index (χ0n) is 28.5. The van der Waals surface area contributed by atoms with Crippen molar-refractivity contribution in [2.24, 2.45) is 0 Å². The van der Waals surface area contributed by atoms with Gasteiger partial charge in [-0.25, -0.2) is 9.97 Å². The van der Waals surface area contributed by atoms with E-state index < -0.39 is 0 Å². The van der Waals surface area contributed by atoms with Gasteiger partial charge in [0, 0.05) is 16.5 Å². The Morgan fingerprint density at radius 2 is 0.577 bits per heavy atom. The first kappa shape index (κ1) is 31.1. The summed E-state index contributed by atoms with van der Waals surface area (Å²) in [6.45, 7) is 0. The highest BCUT2D eigenvalue weighted by molar-refractivity contribution is 5.94. The van der Waals surface area contributed by atoms with Crippen LogP contribution in [0.25, 0.3) is 89.2 Å². The van der Waals surface area contributed by atoms with Gasteiger partial charge in [-0.05, 0) is 86.0 Å². The molecule has 0 aliphatic heterocycles. The third-order valence-electron chi connectivity index (χ3n) is 9.68. The molecule has 0 amide bonds. The summed E-state index contributed by atoms with van der Waals surface area (Å²) in [5.74, 6) is 0.717. The maximum atomic E-state index is 5.20. The molecule has 2 heteroatoms. The minimum Gasteiger partial charge on any atom is -0.228 e. The molecule has 0 saturated carbocycles. The first-order valence-corrected chi connectivity index (χ1v) is 17.6. The summed E-state index contributed by atoms with van der Waals surface area (Å²) in [5.41, 5.74) is 15.8. The van der Waals surface area contributed by atoms with Gasteiger partial charge in [-0.1, -0.05) is 176 Å². The minimum atomic E-state index is 0.717. The number of hydrogen-bond acceptors (Lipinski definition) is 2. The van der Waals surface area contributed by atoms with Crippen molar-refractivity contribution < 1.29 is 0 Å². The Hall–Kier alpha value is -6.90. The van der Waals surface area contributed by atoms with E-state index in [-0.39, 0.29) is 0 Å². The minimum absolute atomic E-state index is 0.717. The highest BCUT2D eigenvalue weighted by Gasteiger charge is 2.13. The topological polar surface area (TPSA) is 25.8 Å². The number of para-hydroxylation sites is 1. The highest BCUT2D eigenvalue weighted by atomic mass is 14.9. The van der Waals surface area contributed by atoms with E-state index in [1.165, 1.54) is 44.5 Å². The quantitative estimate of drug-likeness (QED) is 0.170. The zero-order chi connectivity index (χ0) is 34.7. The van der Waals surface area contributed by atoms with Gasteiger partial charge in [-0.15, -0.1) is 0 Å². The number of hydrogen-bond donors (Lipinski definition) is 0. The molecule has 52 heavy (non-hydrogen) atoms. The Morgan fingerprint density at radius 1 is 0.231 bits per heavy atom. The number of aromatic nitrogens is 2. The molecule has 0 aliphatic rings. The van der Waals surface area contributed by atoms with Crippen LogP contribution in [-0.4, -0.2) is 9.97 Å². The van der Waals surface area contributed by atoms with Gasteiger partial charge in [0.15, 0.2) is 5.82 Å². The monoisotopic (exact) mass is 662 g/mol. The molecule has 1 aromatic heterocycles. The van der Waals surface area contributed by atoms with Crippen LogP contribution in [0.2, 0.25) is 0 Å². The normalized spacial score (nSPS) is 11.1. The van der Waals surface area contributed by atoms with Crippen molar-refractivity contribution in [1.82, 2.24) is 9.97 Å². The van der Waals surface area contributed by atoms with Crippen molar-refractivity contribution >= 4 is 10.9 Å². The predicted molar refractivity (Wildman–Crippen MR) is 218 cm³/mol. The van der Waals surface area contributed by atoms with E-state index in [1.54, 1.807) is 0 Å². The Morgan fingerprint density at radius 3 is 1.10 bits per heavy atom. The van der Waals surface area contributed by atoms with Crippen LogP contribution in [0.1, 0.15) is 0 Å². The fourth-order valence-corrected chi connectivity index (χ4v) is 6.98. The third-order valence-corrected chi connectivity index (χ3v) is 9.68. The summed E-state index contributed by atoms with van der Waals surface area (Å²) in [6.07, 6.45) is 0. The second-order valence-corrected chi connectivity index (χ2v) is 13.0. The molecule has 0 aliphatic carbocycles. The SMILES string of the molecule is c1ccc(-c2ccc(-c3nc(-c4cccc(-c5cccc(-c6cccc(-c7cccc(-c8ccccc8)c7)c6)c5)c4)c4ccccc4n3)cc2)cc1. The number of benzene rings is 8. The summed E-state index contributed by atoms with van der Waals surface area (Å²) < 4.78 is 0. The van der Waals surface area contributed by atoms with E-state index >= 15 is 0 Å². The largest absolute Gasteiger partial charge is 0.228 e. The average molecular weight is 663 g/mol. The molecule has 0 unspecified atom stereocenters. The molecule has 0 spiro atoms. The van der Waals surface area contributed by atoms with Gasteiger partial charge < -0.3 is 0 Å². The smallest absolute Gasteiger partial charge is 0.160 e. The zero-order valence-corrected chi connectivity index (χ0v) is 28.5. The lowest BCUT2D eigenvalue weighted by Crippen LogP contribution is -1.95. The van der Waals surface area contributed by atoms with E-state index in [9.17, 15) is 0 Å². The molecule has 2 nitrogen and oxygen atoms in total. The van der Waals surface area contributed by atoms with Gasteiger partial charge >= 0.3 is 0 Å². The van der Waals surface area contributed by atoms with Crippen LogP contribution in [0.15, 0.2) is 206 Å². The maximum absolute atomic E-state index is 5.20. The second kappa shape index (κ2) is 13.8. The molecule has 0 bridgehead atoms. The Balaban J connectivity index is 1.05. The Kier molecular flexibility index (Phi) is 8.24. The van der Waals surface area contributed by atoms with Gasteiger partial charge in [-0.3, -0.25) is 0 Å². The number of rotatable bonds is 7. The molecule has 0 fully saturated rings. The second-order valence-electron chi connectivity index (χ2n) is 13.0. The van der Waals surface area contributed by atoms with Crippen molar-refractivity contribution in [3.8, 4) is 78.3 Å². The first-order chi connectivity index (χ1) is 25.7. The van der Waals surface area contributed by atoms with Crippen molar-refractivity contribution in [3.63, 3.8) is 0 Å². The summed E-state index contributed by atoms with van der Waals surface area (Å²) in [6, 6.07) is 73.0. The lowest BCUT2D eigenvalue weighted by Gasteiger charge is -2.12. The molecular formula is C50H34N2. The number of fused-ring (bicyclic) bond motifs is 1. The van der Waals surface area contributed by atoms with Gasteiger partial charge in [0.25, 0.3) is 0 Å². The van der Waals surface area contributed by atoms with Crippen molar-refractivity contribution in [2.45, 2.75) is 0 Å². The maximum Gasteiger partial charge on any atom is 0.160 e. The van der Waals surface area contributed by atoms with Gasteiger partial charge in [-0.2, -0.15) is 0 Å². The van der Waals surface area contributed by atoms with Crippen LogP contribution < -0.4 is 0 Å². The number of nitrogens with zero attached hydrogens (tertiary/aromatic N) is 2. The molecule has 0 N–H and O–H groups in total. The molecule has 0 saturated heterocycles. The van der Waals surface area contributed by atoms with Crippen LogP contribution in [-0.2, 0) is 0 Å². The molecule has 9 aromatic rings. The summed E-state index contributed by atoms with van der Waals surface area (Å²) in [7, 11) is 0. The van der Waals surface area contributed by atoms with E-state index in [4.69, 9.17) is 9.97 Å². The third kappa shape index (κ3) is 6.30. The van der Waals surface area contributed by atoms with Crippen LogP contribution in [0.4, 0.5) is 0 Å². The molecule has 0 radical (unpaired) electrons. The molecule has 244 valence electrons. The van der Waals surface area contributed by atoms with Crippen molar-refractivity contribution in [3.05, 3.63) is 206 Å². The van der Waals surface area contributed by atoms with Crippen molar-refractivity contribution in [2.75, 3.05) is 0 Å². The summed E-state index contributed by atoms with van der Waals surface area (Å²) >= 11 is 0. The molecule has 8 aromatic carbocycles. The van der Waals surface area contributed by atoms with E-state index in [0.29, 0.717) is 0 Å². The van der Waals surface area contributed by atoms with Crippen molar-refractivity contribution in [1.29, 1.82) is 0 Å². The summed E-state index contributed by atoms with van der Waals surface area (Å²) in [4.78, 5) is 10.2. The van der Waals surface area contributed by atoms with Crippen LogP contribution in [0.5, 0.6) is 0 Å². The van der Waals surface area contributed by atoms with E-state index in [0.717, 1.165) is 44.7 Å². The molecule has 9 rings (SSSR count). The van der Waals surface area contributed by atoms with Gasteiger partial charge in [0.05, 0.1) is 11.2 Å². The van der Waals surface area contributed by atoms with E-state index in [2.05, 4.69) is 194 Å². The fourth-order valence-electron chi connectivity index (χ4n) is 6.98. The van der Waals surface area contributed by atoms with Gasteiger partial charge in [0.1, 0.15) is 0 Å². The highest BCUT2D eigenvalue weighted by Crippen LogP contribution is 2.35. The van der Waals surface area contributed by atoms with Crippen LogP contribution >= 0.6 is 0 Å². The molecule has 1 heterocycles. The average Bonchev–Trinajstić information content (AvgIpc) is 3.24. The van der Waals surface area contributed by atoms with E-state index in [1.807, 2.05) is 12.1 Å². The molecule has 0 atom stereocenters.